The lowest BCUT2D eigenvalue weighted by Gasteiger charge is -2.23. The molecule has 0 spiro atoms. The molecule has 0 aliphatic carbocycles. The molecular formula is C23H32F3NO5S. The number of alkyl carbamates (subject to hydrolysis) is 1. The van der Waals surface area contributed by atoms with Crippen LogP contribution < -0.4 is 5.32 Å². The first-order valence-corrected chi connectivity index (χ1v) is 11.3. The minimum absolute atomic E-state index is 0.0131. The van der Waals surface area contributed by atoms with Crippen LogP contribution in [0.5, 0.6) is 0 Å². The summed E-state index contributed by atoms with van der Waals surface area (Å²) in [6, 6.07) is 4.78. The summed E-state index contributed by atoms with van der Waals surface area (Å²) in [5.41, 5.74) is -0.180. The monoisotopic (exact) mass is 491 g/mol. The van der Waals surface area contributed by atoms with Crippen LogP contribution in [-0.4, -0.2) is 47.9 Å². The second-order valence-corrected chi connectivity index (χ2v) is 10.7. The van der Waals surface area contributed by atoms with Crippen LogP contribution >= 0.6 is 11.8 Å². The number of hydrogen-bond donors (Lipinski definition) is 1. The second kappa shape index (κ2) is 11.3. The molecule has 6 nitrogen and oxygen atoms in total. The largest absolute Gasteiger partial charge is 0.467 e. The minimum atomic E-state index is -4.63. The number of methoxy groups -OCH3 is 1. The van der Waals surface area contributed by atoms with Gasteiger partial charge in [-0.2, -0.15) is 13.2 Å². The number of benzene rings is 1. The summed E-state index contributed by atoms with van der Waals surface area (Å²) in [7, 11) is 1.10. The zero-order valence-corrected chi connectivity index (χ0v) is 20.8. The molecule has 0 saturated heterocycles. The van der Waals surface area contributed by atoms with Crippen molar-refractivity contribution in [2.45, 2.75) is 77.1 Å². The molecule has 0 aliphatic heterocycles. The fraction of sp³-hybridized carbons (Fsp3) is 0.609. The number of hydrogen-bond acceptors (Lipinski definition) is 6. The number of nitrogens with one attached hydrogen (secondary N) is 1. The Morgan fingerprint density at radius 3 is 1.97 bits per heavy atom. The van der Waals surface area contributed by atoms with Crippen LogP contribution in [0.25, 0.3) is 0 Å². The maximum atomic E-state index is 13.7. The van der Waals surface area contributed by atoms with Crippen molar-refractivity contribution in [1.29, 1.82) is 0 Å². The Morgan fingerprint density at radius 1 is 1.00 bits per heavy atom. The van der Waals surface area contributed by atoms with Crippen molar-refractivity contribution in [3.05, 3.63) is 35.4 Å². The summed E-state index contributed by atoms with van der Waals surface area (Å²) in [5, 5.41) is 1.52. The highest BCUT2D eigenvalue weighted by molar-refractivity contribution is 8.13. The van der Waals surface area contributed by atoms with Gasteiger partial charge in [-0.25, -0.2) is 9.59 Å². The molecule has 0 bridgehead atoms. The number of ether oxygens (including phenoxy) is 2. The van der Waals surface area contributed by atoms with Crippen molar-refractivity contribution < 1.29 is 37.0 Å². The number of alkyl halides is 3. The molecule has 0 unspecified atom stereocenters. The minimum Gasteiger partial charge on any atom is -0.467 e. The third-order valence-corrected chi connectivity index (χ3v) is 5.52. The van der Waals surface area contributed by atoms with E-state index in [1.54, 1.807) is 32.9 Å². The predicted molar refractivity (Wildman–Crippen MR) is 121 cm³/mol. The Hall–Kier alpha value is -2.23. The van der Waals surface area contributed by atoms with Gasteiger partial charge in [0, 0.05) is 12.2 Å². The number of rotatable bonds is 7. The fourth-order valence-electron chi connectivity index (χ4n) is 2.80. The zero-order chi connectivity index (χ0) is 25.6. The van der Waals surface area contributed by atoms with E-state index in [1.807, 2.05) is 20.8 Å². The van der Waals surface area contributed by atoms with Gasteiger partial charge >= 0.3 is 18.2 Å². The number of thioether (sulfide) groups is 1. The number of amides is 1. The van der Waals surface area contributed by atoms with Crippen LogP contribution in [0.2, 0.25) is 0 Å². The van der Waals surface area contributed by atoms with Gasteiger partial charge in [0.1, 0.15) is 11.6 Å². The number of carbonyl (C=O) groups is 3. The van der Waals surface area contributed by atoms with E-state index in [-0.39, 0.29) is 16.7 Å². The van der Waals surface area contributed by atoms with Crippen molar-refractivity contribution in [2.75, 3.05) is 12.9 Å². The molecule has 186 valence electrons. The summed E-state index contributed by atoms with van der Waals surface area (Å²) in [6.45, 7) is 10.7. The third-order valence-electron chi connectivity index (χ3n) is 4.53. The first-order chi connectivity index (χ1) is 14.9. The molecule has 0 aromatic heterocycles. The van der Waals surface area contributed by atoms with Crippen LogP contribution in [0.1, 0.15) is 65.0 Å². The Morgan fingerprint density at radius 2 is 1.55 bits per heavy atom. The SMILES string of the molecule is COC(=O)[C@H](CSC(=O)C[C@@H](c1ccc(C(C)(C)C)cc1)C(F)(F)F)NC(=O)OC(C)(C)C. The topological polar surface area (TPSA) is 81.7 Å². The molecular weight excluding hydrogens is 459 g/mol. The lowest BCUT2D eigenvalue weighted by molar-refractivity contribution is -0.154. The van der Waals surface area contributed by atoms with Gasteiger partial charge in [-0.3, -0.25) is 4.79 Å². The lowest BCUT2D eigenvalue weighted by Crippen LogP contribution is -2.45. The molecule has 1 N–H and O–H groups in total. The van der Waals surface area contributed by atoms with Gasteiger partial charge in [0.05, 0.1) is 13.0 Å². The molecule has 1 amide bonds. The summed E-state index contributed by atoms with van der Waals surface area (Å²) in [4.78, 5) is 36.3. The van der Waals surface area contributed by atoms with E-state index in [0.29, 0.717) is 11.8 Å². The van der Waals surface area contributed by atoms with Crippen LogP contribution in [0, 0.1) is 0 Å². The van der Waals surface area contributed by atoms with E-state index in [4.69, 9.17) is 4.74 Å². The van der Waals surface area contributed by atoms with E-state index in [0.717, 1.165) is 12.7 Å². The average Bonchev–Trinajstić information content (AvgIpc) is 2.65. The summed E-state index contributed by atoms with van der Waals surface area (Å²) >= 11 is 0.525. The Balaban J connectivity index is 2.89. The molecule has 2 atom stereocenters. The predicted octanol–water partition coefficient (Wildman–Crippen LogP) is 5.35. The van der Waals surface area contributed by atoms with Gasteiger partial charge in [-0.05, 0) is 37.3 Å². The first kappa shape index (κ1) is 28.8. The second-order valence-electron chi connectivity index (χ2n) is 9.58. The van der Waals surface area contributed by atoms with Crippen molar-refractivity contribution in [3.63, 3.8) is 0 Å². The van der Waals surface area contributed by atoms with Crippen LogP contribution in [0.3, 0.4) is 0 Å². The highest BCUT2D eigenvalue weighted by atomic mass is 32.2. The molecule has 0 saturated carbocycles. The highest BCUT2D eigenvalue weighted by Gasteiger charge is 2.42. The van der Waals surface area contributed by atoms with Crippen LogP contribution in [0.15, 0.2) is 24.3 Å². The van der Waals surface area contributed by atoms with E-state index in [9.17, 15) is 27.6 Å². The van der Waals surface area contributed by atoms with Crippen LogP contribution in [-0.2, 0) is 24.5 Å². The van der Waals surface area contributed by atoms with Gasteiger partial charge in [0.15, 0.2) is 5.12 Å². The molecule has 0 heterocycles. The average molecular weight is 492 g/mol. The molecule has 0 aliphatic rings. The maximum absolute atomic E-state index is 13.7. The van der Waals surface area contributed by atoms with Crippen molar-refractivity contribution in [3.8, 4) is 0 Å². The molecule has 33 heavy (non-hydrogen) atoms. The van der Waals surface area contributed by atoms with Crippen molar-refractivity contribution in [1.82, 2.24) is 5.32 Å². The van der Waals surface area contributed by atoms with E-state index in [2.05, 4.69) is 10.1 Å². The lowest BCUT2D eigenvalue weighted by atomic mass is 9.85. The van der Waals surface area contributed by atoms with Crippen LogP contribution in [0.4, 0.5) is 18.0 Å². The molecule has 1 aromatic rings. The van der Waals surface area contributed by atoms with Gasteiger partial charge in [-0.15, -0.1) is 0 Å². The van der Waals surface area contributed by atoms with Gasteiger partial charge in [-0.1, -0.05) is 56.8 Å². The number of esters is 1. The summed E-state index contributed by atoms with van der Waals surface area (Å²) in [6.07, 6.45) is -6.34. The van der Waals surface area contributed by atoms with E-state index in [1.165, 1.54) is 12.1 Å². The zero-order valence-electron chi connectivity index (χ0n) is 20.0. The van der Waals surface area contributed by atoms with Crippen molar-refractivity contribution in [2.24, 2.45) is 0 Å². The number of carbonyl (C=O) groups excluding carboxylic acids is 3. The third kappa shape index (κ3) is 10.1. The van der Waals surface area contributed by atoms with Gasteiger partial charge in [0.25, 0.3) is 0 Å². The molecule has 1 aromatic carbocycles. The fourth-order valence-corrected chi connectivity index (χ4v) is 3.66. The van der Waals surface area contributed by atoms with Crippen molar-refractivity contribution >= 4 is 28.9 Å². The maximum Gasteiger partial charge on any atom is 0.408 e. The van der Waals surface area contributed by atoms with E-state index < -0.39 is 47.3 Å². The Bertz CT molecular complexity index is 826. The molecule has 10 heteroatoms. The van der Waals surface area contributed by atoms with Gasteiger partial charge in [0.2, 0.25) is 0 Å². The molecule has 0 fully saturated rings. The Labute approximate surface area is 197 Å². The molecule has 0 radical (unpaired) electrons. The van der Waals surface area contributed by atoms with Gasteiger partial charge < -0.3 is 14.8 Å². The summed E-state index contributed by atoms with van der Waals surface area (Å²) in [5.74, 6) is -3.12. The molecule has 1 rings (SSSR count). The smallest absolute Gasteiger partial charge is 0.408 e. The summed E-state index contributed by atoms with van der Waals surface area (Å²) < 4.78 is 50.8. The number of halogens is 3. The highest BCUT2D eigenvalue weighted by Crippen LogP contribution is 2.39. The first-order valence-electron chi connectivity index (χ1n) is 10.3. The van der Waals surface area contributed by atoms with E-state index >= 15 is 0 Å². The quantitative estimate of drug-likeness (QED) is 0.518. The normalized spacial score (nSPS) is 14.2. The standard InChI is InChI=1S/C23H32F3NO5S/c1-21(2,3)15-10-8-14(9-11-15)16(23(24,25)26)12-18(28)33-13-17(19(29)31-7)27-20(30)32-22(4,5)6/h8-11,16-17H,12-13H2,1-7H3,(H,27,30)/t16-,17-/m0/s1. The Kier molecular flexibility index (Phi) is 9.83.